The molecule has 0 aliphatic heterocycles. The number of ether oxygens (including phenoxy) is 1. The zero-order valence-electron chi connectivity index (χ0n) is 10.7. The van der Waals surface area contributed by atoms with Gasteiger partial charge in [0.1, 0.15) is 0 Å². The summed E-state index contributed by atoms with van der Waals surface area (Å²) in [5, 5.41) is 15.1. The van der Waals surface area contributed by atoms with Crippen molar-refractivity contribution in [2.45, 2.75) is 19.3 Å². The van der Waals surface area contributed by atoms with Gasteiger partial charge in [0.15, 0.2) is 0 Å². The molecule has 1 aliphatic carbocycles. The molecule has 0 atom stereocenters. The third-order valence-corrected chi connectivity index (χ3v) is 3.24. The minimum absolute atomic E-state index is 0.217. The highest BCUT2D eigenvalue weighted by atomic mass is 16.5. The molecule has 0 bridgehead atoms. The predicted octanol–water partition coefficient (Wildman–Crippen LogP) is 0.496. The summed E-state index contributed by atoms with van der Waals surface area (Å²) < 4.78 is 5.01. The van der Waals surface area contributed by atoms with E-state index in [4.69, 9.17) is 9.84 Å². The quantitative estimate of drug-likeness (QED) is 0.651. The summed E-state index contributed by atoms with van der Waals surface area (Å²) in [6, 6.07) is 0.281. The number of rotatable bonds is 7. The molecule has 18 heavy (non-hydrogen) atoms. The Hall–Kier alpha value is -1.63. The summed E-state index contributed by atoms with van der Waals surface area (Å²) in [6.07, 6.45) is 3.10. The normalized spacial score (nSPS) is 16.2. The van der Waals surface area contributed by atoms with Crippen LogP contribution in [0.25, 0.3) is 0 Å². The fourth-order valence-corrected chi connectivity index (χ4v) is 1.83. The maximum atomic E-state index is 9.00. The number of aromatic nitrogens is 3. The van der Waals surface area contributed by atoms with E-state index in [-0.39, 0.29) is 18.0 Å². The van der Waals surface area contributed by atoms with Gasteiger partial charge in [0, 0.05) is 20.2 Å². The molecule has 7 nitrogen and oxygen atoms in total. The molecule has 2 rings (SSSR count). The molecule has 0 saturated heterocycles. The zero-order chi connectivity index (χ0) is 13.0. The monoisotopic (exact) mass is 253 g/mol. The molecule has 1 fully saturated rings. The topological polar surface area (TPSA) is 92.2 Å². The van der Waals surface area contributed by atoms with Crippen LogP contribution in [0.2, 0.25) is 0 Å². The maximum Gasteiger partial charge on any atom is 0.322 e. The largest absolute Gasteiger partial charge is 0.467 e. The second-order valence-electron chi connectivity index (χ2n) is 4.55. The highest BCUT2D eigenvalue weighted by Gasteiger charge is 2.41. The van der Waals surface area contributed by atoms with Gasteiger partial charge in [0.2, 0.25) is 11.9 Å². The van der Waals surface area contributed by atoms with Crippen molar-refractivity contribution in [3.63, 3.8) is 0 Å². The Morgan fingerprint density at radius 1 is 1.28 bits per heavy atom. The number of hydrogen-bond acceptors (Lipinski definition) is 7. The van der Waals surface area contributed by atoms with Crippen molar-refractivity contribution in [3.8, 4) is 6.01 Å². The average molecular weight is 253 g/mol. The lowest BCUT2D eigenvalue weighted by molar-refractivity contribution is 0.253. The molecule has 100 valence electrons. The fourth-order valence-electron chi connectivity index (χ4n) is 1.83. The minimum atomic E-state index is 0.217. The molecule has 1 heterocycles. The first-order valence-electron chi connectivity index (χ1n) is 6.04. The highest BCUT2D eigenvalue weighted by molar-refractivity contribution is 5.35. The number of nitrogens with one attached hydrogen (secondary N) is 2. The summed E-state index contributed by atoms with van der Waals surface area (Å²) in [6.45, 7) is 0.994. The van der Waals surface area contributed by atoms with Gasteiger partial charge in [-0.25, -0.2) is 0 Å². The van der Waals surface area contributed by atoms with Crippen LogP contribution in [0.1, 0.15) is 19.3 Å². The molecule has 3 N–H and O–H groups in total. The number of methoxy groups -OCH3 is 1. The molecule has 7 heteroatoms. The van der Waals surface area contributed by atoms with Crippen molar-refractivity contribution >= 4 is 11.9 Å². The molecule has 0 spiro atoms. The second kappa shape index (κ2) is 5.34. The Bertz CT molecular complexity index is 386. The third kappa shape index (κ3) is 2.98. The highest BCUT2D eigenvalue weighted by Crippen LogP contribution is 2.48. The van der Waals surface area contributed by atoms with E-state index in [1.807, 2.05) is 0 Å². The maximum absolute atomic E-state index is 9.00. The van der Waals surface area contributed by atoms with Crippen LogP contribution in [0.15, 0.2) is 0 Å². The van der Waals surface area contributed by atoms with E-state index < -0.39 is 0 Å². The lowest BCUT2D eigenvalue weighted by Gasteiger charge is -2.14. The Balaban J connectivity index is 2.00. The molecule has 0 radical (unpaired) electrons. The van der Waals surface area contributed by atoms with Gasteiger partial charge >= 0.3 is 6.01 Å². The van der Waals surface area contributed by atoms with Crippen molar-refractivity contribution in [3.05, 3.63) is 0 Å². The Morgan fingerprint density at radius 2 is 2.00 bits per heavy atom. The second-order valence-corrected chi connectivity index (χ2v) is 4.55. The number of nitrogens with zero attached hydrogens (tertiary/aromatic N) is 3. The van der Waals surface area contributed by atoms with Crippen LogP contribution in [-0.4, -0.2) is 47.4 Å². The van der Waals surface area contributed by atoms with Gasteiger partial charge < -0.3 is 20.5 Å². The van der Waals surface area contributed by atoms with Gasteiger partial charge in [-0.3, -0.25) is 0 Å². The first-order chi connectivity index (χ1) is 8.71. The molecule has 1 saturated carbocycles. The lowest BCUT2D eigenvalue weighted by atomic mass is 10.0. The fraction of sp³-hybridized carbons (Fsp3) is 0.727. The van der Waals surface area contributed by atoms with Crippen molar-refractivity contribution in [2.75, 3.05) is 37.9 Å². The van der Waals surface area contributed by atoms with Crippen LogP contribution in [0.5, 0.6) is 6.01 Å². The van der Waals surface area contributed by atoms with Crippen molar-refractivity contribution in [1.82, 2.24) is 15.0 Å². The van der Waals surface area contributed by atoms with E-state index >= 15 is 0 Å². The van der Waals surface area contributed by atoms with Crippen molar-refractivity contribution in [1.29, 1.82) is 0 Å². The van der Waals surface area contributed by atoms with Gasteiger partial charge in [-0.1, -0.05) is 0 Å². The molecule has 1 aromatic rings. The molecule has 0 aromatic carbocycles. The summed E-state index contributed by atoms with van der Waals surface area (Å²) in [7, 11) is 3.26. The van der Waals surface area contributed by atoms with E-state index in [1.54, 1.807) is 7.05 Å². The summed E-state index contributed by atoms with van der Waals surface area (Å²) >= 11 is 0. The van der Waals surface area contributed by atoms with Gasteiger partial charge in [-0.05, 0) is 24.7 Å². The Kier molecular flexibility index (Phi) is 3.81. The average Bonchev–Trinajstić information content (AvgIpc) is 3.16. The SMILES string of the molecule is CNc1nc(NCC2(CCO)CC2)nc(OC)n1. The van der Waals surface area contributed by atoms with Crippen LogP contribution in [-0.2, 0) is 0 Å². The summed E-state index contributed by atoms with van der Waals surface area (Å²) in [4.78, 5) is 12.4. The third-order valence-electron chi connectivity index (χ3n) is 3.24. The first kappa shape index (κ1) is 12.8. The molecule has 1 aliphatic rings. The number of aliphatic hydroxyl groups is 1. The number of aliphatic hydroxyl groups excluding tert-OH is 1. The molecule has 1 aromatic heterocycles. The number of hydrogen-bond donors (Lipinski definition) is 3. The zero-order valence-corrected chi connectivity index (χ0v) is 10.7. The van der Waals surface area contributed by atoms with E-state index in [2.05, 4.69) is 25.6 Å². The van der Waals surface area contributed by atoms with E-state index in [0.717, 1.165) is 25.8 Å². The van der Waals surface area contributed by atoms with Crippen LogP contribution < -0.4 is 15.4 Å². The first-order valence-corrected chi connectivity index (χ1v) is 6.04. The standard InChI is InChI=1S/C11H19N5O2/c1-12-8-14-9(16-10(15-8)18-2)13-7-11(3-4-11)5-6-17/h17H,3-7H2,1-2H3,(H2,12,13,14,15,16). The van der Waals surface area contributed by atoms with Crippen molar-refractivity contribution in [2.24, 2.45) is 5.41 Å². The molecule has 0 amide bonds. The van der Waals surface area contributed by atoms with Gasteiger partial charge in [-0.2, -0.15) is 15.0 Å². The van der Waals surface area contributed by atoms with E-state index in [0.29, 0.717) is 11.9 Å². The summed E-state index contributed by atoms with van der Waals surface area (Å²) in [5.41, 5.74) is 0.217. The van der Waals surface area contributed by atoms with Crippen LogP contribution in [0.4, 0.5) is 11.9 Å². The molecule has 0 unspecified atom stereocenters. The molecular weight excluding hydrogens is 234 g/mol. The Morgan fingerprint density at radius 3 is 2.56 bits per heavy atom. The number of anilines is 2. The van der Waals surface area contributed by atoms with Crippen LogP contribution >= 0.6 is 0 Å². The van der Waals surface area contributed by atoms with Crippen molar-refractivity contribution < 1.29 is 9.84 Å². The Labute approximate surface area is 106 Å². The van der Waals surface area contributed by atoms with Crippen LogP contribution in [0, 0.1) is 5.41 Å². The predicted molar refractivity (Wildman–Crippen MR) is 67.8 cm³/mol. The van der Waals surface area contributed by atoms with E-state index in [9.17, 15) is 0 Å². The lowest BCUT2D eigenvalue weighted by Crippen LogP contribution is -2.18. The van der Waals surface area contributed by atoms with Gasteiger partial charge in [-0.15, -0.1) is 0 Å². The smallest absolute Gasteiger partial charge is 0.322 e. The summed E-state index contributed by atoms with van der Waals surface area (Å²) in [5.74, 6) is 0.965. The van der Waals surface area contributed by atoms with Crippen LogP contribution in [0.3, 0.4) is 0 Å². The van der Waals surface area contributed by atoms with Gasteiger partial charge in [0.05, 0.1) is 7.11 Å². The minimum Gasteiger partial charge on any atom is -0.467 e. The van der Waals surface area contributed by atoms with Gasteiger partial charge in [0.25, 0.3) is 0 Å². The molecular formula is C11H19N5O2. The van der Waals surface area contributed by atoms with E-state index in [1.165, 1.54) is 7.11 Å².